The molecule has 1 unspecified atom stereocenters. The van der Waals surface area contributed by atoms with Crippen molar-refractivity contribution in [3.8, 4) is 0 Å². The minimum atomic E-state index is -0.510. The average molecular weight is 204 g/mol. The van der Waals surface area contributed by atoms with Crippen LogP contribution in [0.1, 0.15) is 39.0 Å². The number of hydrogen-bond donors (Lipinski definition) is 0. The zero-order valence-corrected chi connectivity index (χ0v) is 10.0. The Balaban J connectivity index is 2.24. The van der Waals surface area contributed by atoms with Crippen LogP contribution in [0.3, 0.4) is 0 Å². The first-order chi connectivity index (χ1) is 5.70. The molecule has 1 atom stereocenters. The van der Waals surface area contributed by atoms with Crippen LogP contribution < -0.4 is 0 Å². The van der Waals surface area contributed by atoms with Gasteiger partial charge < -0.3 is 0 Å². The summed E-state index contributed by atoms with van der Waals surface area (Å²) in [6.45, 7) is 4.61. The standard InChI is InChI=1S/C10H20ClSi/c1-9(8-12(2)11)10-6-4-3-5-7-10/h9-10H,3-8H2,1-2H3. The molecule has 1 aliphatic carbocycles. The lowest BCUT2D eigenvalue weighted by molar-refractivity contribution is 0.278. The van der Waals surface area contributed by atoms with Gasteiger partial charge in [0.25, 0.3) is 0 Å². The van der Waals surface area contributed by atoms with Crippen molar-refractivity contribution in [3.05, 3.63) is 0 Å². The first-order valence-electron chi connectivity index (χ1n) is 5.18. The Hall–Kier alpha value is 0.507. The Kier molecular flexibility index (Phi) is 4.66. The van der Waals surface area contributed by atoms with Crippen LogP contribution in [0.5, 0.6) is 0 Å². The minimum absolute atomic E-state index is 0.510. The van der Waals surface area contributed by atoms with E-state index >= 15 is 0 Å². The maximum atomic E-state index is 6.09. The van der Waals surface area contributed by atoms with Crippen LogP contribution in [0.4, 0.5) is 0 Å². The quantitative estimate of drug-likeness (QED) is 0.480. The Bertz CT molecular complexity index is 119. The average Bonchev–Trinajstić information content (AvgIpc) is 2.05. The molecule has 12 heavy (non-hydrogen) atoms. The van der Waals surface area contributed by atoms with Crippen molar-refractivity contribution in [1.29, 1.82) is 0 Å². The van der Waals surface area contributed by atoms with Crippen molar-refractivity contribution in [3.63, 3.8) is 0 Å². The van der Waals surface area contributed by atoms with Gasteiger partial charge in [-0.1, -0.05) is 45.6 Å². The summed E-state index contributed by atoms with van der Waals surface area (Å²) in [5.74, 6) is 1.89. The monoisotopic (exact) mass is 203 g/mol. The molecule has 2 heteroatoms. The summed E-state index contributed by atoms with van der Waals surface area (Å²) in [4.78, 5) is 0. The van der Waals surface area contributed by atoms with E-state index in [1.165, 1.54) is 38.1 Å². The summed E-state index contributed by atoms with van der Waals surface area (Å²) in [6, 6.07) is 1.30. The molecule has 0 aromatic carbocycles. The highest BCUT2D eigenvalue weighted by molar-refractivity contribution is 7.06. The molecule has 1 fully saturated rings. The van der Waals surface area contributed by atoms with Crippen LogP contribution in [0, 0.1) is 11.8 Å². The molecule has 0 amide bonds. The van der Waals surface area contributed by atoms with E-state index in [0.717, 1.165) is 11.8 Å². The van der Waals surface area contributed by atoms with E-state index in [2.05, 4.69) is 13.5 Å². The molecular formula is C10H20ClSi. The topological polar surface area (TPSA) is 0 Å². The van der Waals surface area contributed by atoms with Crippen molar-refractivity contribution in [2.75, 3.05) is 0 Å². The van der Waals surface area contributed by atoms with Gasteiger partial charge in [0.2, 0.25) is 0 Å². The van der Waals surface area contributed by atoms with Crippen LogP contribution in [-0.2, 0) is 0 Å². The Morgan fingerprint density at radius 2 is 1.92 bits per heavy atom. The van der Waals surface area contributed by atoms with Crippen LogP contribution in [0.25, 0.3) is 0 Å². The van der Waals surface area contributed by atoms with E-state index in [-0.39, 0.29) is 0 Å². The van der Waals surface area contributed by atoms with Crippen LogP contribution in [-0.4, -0.2) is 8.11 Å². The predicted molar refractivity (Wildman–Crippen MR) is 58.0 cm³/mol. The fourth-order valence-corrected chi connectivity index (χ4v) is 4.26. The molecule has 0 aliphatic heterocycles. The van der Waals surface area contributed by atoms with E-state index < -0.39 is 8.11 Å². The van der Waals surface area contributed by atoms with Crippen LogP contribution >= 0.6 is 11.1 Å². The van der Waals surface area contributed by atoms with Gasteiger partial charge in [-0.3, -0.25) is 0 Å². The van der Waals surface area contributed by atoms with Gasteiger partial charge in [-0.2, -0.15) is 11.1 Å². The lowest BCUT2D eigenvalue weighted by Crippen LogP contribution is -2.18. The van der Waals surface area contributed by atoms with E-state index in [9.17, 15) is 0 Å². The Morgan fingerprint density at radius 3 is 2.42 bits per heavy atom. The highest BCUT2D eigenvalue weighted by Crippen LogP contribution is 2.32. The third kappa shape index (κ3) is 3.49. The Morgan fingerprint density at radius 1 is 1.33 bits per heavy atom. The van der Waals surface area contributed by atoms with Crippen molar-refractivity contribution in [1.82, 2.24) is 0 Å². The highest BCUT2D eigenvalue weighted by Gasteiger charge is 2.21. The summed E-state index contributed by atoms with van der Waals surface area (Å²) in [7, 11) is -0.510. The summed E-state index contributed by atoms with van der Waals surface area (Å²) in [5, 5.41) is 0. The zero-order valence-electron chi connectivity index (χ0n) is 8.28. The number of hydrogen-bond acceptors (Lipinski definition) is 0. The summed E-state index contributed by atoms with van der Waals surface area (Å²) < 4.78 is 0. The second-order valence-electron chi connectivity index (χ2n) is 4.26. The van der Waals surface area contributed by atoms with Gasteiger partial charge in [-0.05, 0) is 17.9 Å². The molecule has 1 saturated carbocycles. The summed E-state index contributed by atoms with van der Waals surface area (Å²) >= 11 is 6.09. The number of rotatable bonds is 3. The van der Waals surface area contributed by atoms with Gasteiger partial charge in [-0.25, -0.2) is 0 Å². The minimum Gasteiger partial charge on any atom is -0.169 e. The lowest BCUT2D eigenvalue weighted by atomic mass is 9.82. The molecule has 1 aliphatic rings. The fraction of sp³-hybridized carbons (Fsp3) is 1.00. The SMILES string of the molecule is CC(C[Si](C)Cl)C1CCCCC1. The van der Waals surface area contributed by atoms with Gasteiger partial charge >= 0.3 is 0 Å². The normalized spacial score (nSPS) is 23.0. The fourth-order valence-electron chi connectivity index (χ4n) is 2.31. The first-order valence-corrected chi connectivity index (χ1v) is 8.40. The molecular weight excluding hydrogens is 184 g/mol. The molecule has 0 saturated heterocycles. The lowest BCUT2D eigenvalue weighted by Gasteiger charge is -2.27. The summed E-state index contributed by atoms with van der Waals surface area (Å²) in [6.07, 6.45) is 7.32. The van der Waals surface area contributed by atoms with E-state index in [1.807, 2.05) is 0 Å². The molecule has 1 radical (unpaired) electrons. The molecule has 0 aromatic rings. The maximum Gasteiger partial charge on any atom is 0.162 e. The molecule has 0 N–H and O–H groups in total. The highest BCUT2D eigenvalue weighted by atomic mass is 35.6. The smallest absolute Gasteiger partial charge is 0.162 e. The predicted octanol–water partition coefficient (Wildman–Crippen LogP) is 4.06. The third-order valence-corrected chi connectivity index (χ3v) is 4.73. The maximum absolute atomic E-state index is 6.09. The van der Waals surface area contributed by atoms with Gasteiger partial charge in [0.1, 0.15) is 0 Å². The molecule has 0 bridgehead atoms. The second-order valence-corrected chi connectivity index (χ2v) is 7.95. The molecule has 1 rings (SSSR count). The number of halogens is 1. The van der Waals surface area contributed by atoms with E-state index in [0.29, 0.717) is 0 Å². The van der Waals surface area contributed by atoms with Crippen molar-refractivity contribution in [2.24, 2.45) is 11.8 Å². The van der Waals surface area contributed by atoms with Gasteiger partial charge in [0, 0.05) is 0 Å². The first kappa shape index (κ1) is 10.6. The Labute approximate surface area is 83.0 Å². The van der Waals surface area contributed by atoms with Gasteiger partial charge in [-0.15, -0.1) is 0 Å². The van der Waals surface area contributed by atoms with Gasteiger partial charge in [0.15, 0.2) is 8.11 Å². The van der Waals surface area contributed by atoms with Gasteiger partial charge in [0.05, 0.1) is 0 Å². The van der Waals surface area contributed by atoms with Crippen molar-refractivity contribution >= 4 is 19.2 Å². The molecule has 71 valence electrons. The molecule has 0 aromatic heterocycles. The zero-order chi connectivity index (χ0) is 8.97. The largest absolute Gasteiger partial charge is 0.169 e. The van der Waals surface area contributed by atoms with Crippen LogP contribution in [0.2, 0.25) is 12.6 Å². The molecule has 0 heterocycles. The summed E-state index contributed by atoms with van der Waals surface area (Å²) in [5.41, 5.74) is 0. The molecule has 0 nitrogen and oxygen atoms in total. The van der Waals surface area contributed by atoms with E-state index in [1.54, 1.807) is 0 Å². The second kappa shape index (κ2) is 5.28. The van der Waals surface area contributed by atoms with Crippen LogP contribution in [0.15, 0.2) is 0 Å². The third-order valence-electron chi connectivity index (χ3n) is 3.06. The van der Waals surface area contributed by atoms with Crippen molar-refractivity contribution < 1.29 is 0 Å². The molecule has 0 spiro atoms. The van der Waals surface area contributed by atoms with Crippen molar-refractivity contribution in [2.45, 2.75) is 51.6 Å². The van der Waals surface area contributed by atoms with E-state index in [4.69, 9.17) is 11.1 Å².